The van der Waals surface area contributed by atoms with E-state index in [4.69, 9.17) is 4.74 Å². The molecular weight excluding hydrogens is 332 g/mol. The molecule has 0 saturated heterocycles. The molecule has 1 atom stereocenters. The fourth-order valence-electron chi connectivity index (χ4n) is 3.48. The van der Waals surface area contributed by atoms with Crippen LogP contribution in [0, 0.1) is 0 Å². The molecule has 2 nitrogen and oxygen atoms in total. The summed E-state index contributed by atoms with van der Waals surface area (Å²) in [6, 6.07) is 26.3. The van der Waals surface area contributed by atoms with Crippen molar-refractivity contribution in [1.82, 2.24) is 0 Å². The third-order valence-corrected chi connectivity index (χ3v) is 4.78. The van der Waals surface area contributed by atoms with Gasteiger partial charge in [-0.3, -0.25) is 0 Å². The molecule has 3 aromatic carbocycles. The number of phenols is 1. The first-order valence-electron chi connectivity index (χ1n) is 9.39. The second kappa shape index (κ2) is 7.48. The van der Waals surface area contributed by atoms with E-state index in [-0.39, 0.29) is 16.8 Å². The van der Waals surface area contributed by atoms with E-state index in [2.05, 4.69) is 70.2 Å². The number of phenolic OH excluding ortho intramolecular Hbond substituents is 1. The van der Waals surface area contributed by atoms with E-state index in [1.807, 2.05) is 30.3 Å². The van der Waals surface area contributed by atoms with Crippen LogP contribution >= 0.6 is 0 Å². The molecule has 0 bridgehead atoms. The van der Waals surface area contributed by atoms with Crippen molar-refractivity contribution >= 4 is 0 Å². The minimum absolute atomic E-state index is 0.251. The Kier molecular flexibility index (Phi) is 5.27. The second-order valence-corrected chi connectivity index (χ2v) is 8.29. The fraction of sp³-hybridized carbons (Fsp3) is 0.280. The summed E-state index contributed by atoms with van der Waals surface area (Å²) in [5.41, 5.74) is 2.96. The van der Waals surface area contributed by atoms with Crippen LogP contribution in [0.15, 0.2) is 78.9 Å². The molecule has 0 saturated carbocycles. The lowest BCUT2D eigenvalue weighted by atomic mass is 9.72. The zero-order chi connectivity index (χ0) is 19.5. The van der Waals surface area contributed by atoms with Gasteiger partial charge in [0.05, 0.1) is 0 Å². The number of aromatic hydroxyl groups is 1. The number of benzene rings is 3. The van der Waals surface area contributed by atoms with Crippen molar-refractivity contribution in [2.75, 3.05) is 0 Å². The normalized spacial score (nSPS) is 13.8. The standard InChI is InChI=1S/C25H28O2/c1-24(2,3)27-23-15-9-13-21(17-23)25(4,18-19-10-6-5-7-11-19)20-12-8-14-22(26)16-20/h5-17,26H,18H2,1-4H3. The first kappa shape index (κ1) is 19.0. The van der Waals surface area contributed by atoms with Crippen molar-refractivity contribution in [3.63, 3.8) is 0 Å². The van der Waals surface area contributed by atoms with Crippen molar-refractivity contribution in [2.45, 2.75) is 45.1 Å². The summed E-state index contributed by atoms with van der Waals surface area (Å²) in [6.07, 6.45) is 0.830. The van der Waals surface area contributed by atoms with Crippen molar-refractivity contribution in [3.05, 3.63) is 95.6 Å². The summed E-state index contributed by atoms with van der Waals surface area (Å²) in [6.45, 7) is 8.39. The van der Waals surface area contributed by atoms with Crippen LogP contribution in [-0.2, 0) is 11.8 Å². The summed E-state index contributed by atoms with van der Waals surface area (Å²) in [5.74, 6) is 1.15. The summed E-state index contributed by atoms with van der Waals surface area (Å²) in [5, 5.41) is 10.1. The molecule has 1 unspecified atom stereocenters. The Morgan fingerprint density at radius 1 is 0.741 bits per heavy atom. The summed E-state index contributed by atoms with van der Waals surface area (Å²) >= 11 is 0. The third-order valence-electron chi connectivity index (χ3n) is 4.78. The quantitative estimate of drug-likeness (QED) is 0.594. The summed E-state index contributed by atoms with van der Waals surface area (Å²) < 4.78 is 6.10. The van der Waals surface area contributed by atoms with Crippen LogP contribution in [0.3, 0.4) is 0 Å². The number of ether oxygens (including phenoxy) is 1. The molecule has 0 amide bonds. The topological polar surface area (TPSA) is 29.5 Å². The van der Waals surface area contributed by atoms with Gasteiger partial charge in [0, 0.05) is 5.41 Å². The van der Waals surface area contributed by atoms with Crippen LogP contribution in [-0.4, -0.2) is 10.7 Å². The zero-order valence-corrected chi connectivity index (χ0v) is 16.6. The van der Waals surface area contributed by atoms with E-state index >= 15 is 0 Å². The van der Waals surface area contributed by atoms with Crippen molar-refractivity contribution in [3.8, 4) is 11.5 Å². The number of rotatable bonds is 5. The Balaban J connectivity index is 2.08. The molecule has 0 aliphatic rings. The van der Waals surface area contributed by atoms with E-state index in [0.717, 1.165) is 17.7 Å². The van der Waals surface area contributed by atoms with Gasteiger partial charge >= 0.3 is 0 Å². The monoisotopic (exact) mass is 360 g/mol. The number of hydrogen-bond acceptors (Lipinski definition) is 2. The largest absolute Gasteiger partial charge is 0.508 e. The van der Waals surface area contributed by atoms with Gasteiger partial charge in [0.25, 0.3) is 0 Å². The molecule has 0 aromatic heterocycles. The van der Waals surface area contributed by atoms with Crippen LogP contribution in [0.1, 0.15) is 44.4 Å². The van der Waals surface area contributed by atoms with E-state index in [1.54, 1.807) is 6.07 Å². The van der Waals surface area contributed by atoms with Gasteiger partial charge in [0.15, 0.2) is 0 Å². The molecule has 1 N–H and O–H groups in total. The van der Waals surface area contributed by atoms with Gasteiger partial charge in [-0.05, 0) is 68.1 Å². The smallest absolute Gasteiger partial charge is 0.120 e. The highest BCUT2D eigenvalue weighted by molar-refractivity contribution is 5.45. The third kappa shape index (κ3) is 4.71. The lowest BCUT2D eigenvalue weighted by molar-refractivity contribution is 0.130. The summed E-state index contributed by atoms with van der Waals surface area (Å²) in [7, 11) is 0. The Morgan fingerprint density at radius 2 is 1.37 bits per heavy atom. The molecular formula is C25H28O2. The average molecular weight is 360 g/mol. The molecule has 140 valence electrons. The van der Waals surface area contributed by atoms with Crippen molar-refractivity contribution < 1.29 is 9.84 Å². The highest BCUT2D eigenvalue weighted by Gasteiger charge is 2.30. The van der Waals surface area contributed by atoms with Crippen LogP contribution in [0.4, 0.5) is 0 Å². The zero-order valence-electron chi connectivity index (χ0n) is 16.6. The minimum Gasteiger partial charge on any atom is -0.508 e. The molecule has 0 spiro atoms. The van der Waals surface area contributed by atoms with E-state index in [1.165, 1.54) is 11.1 Å². The molecule has 27 heavy (non-hydrogen) atoms. The molecule has 0 aliphatic carbocycles. The predicted octanol–water partition coefficient (Wildman–Crippen LogP) is 6.12. The van der Waals surface area contributed by atoms with Crippen molar-refractivity contribution in [1.29, 1.82) is 0 Å². The fourth-order valence-corrected chi connectivity index (χ4v) is 3.48. The maximum Gasteiger partial charge on any atom is 0.120 e. The molecule has 3 aromatic rings. The predicted molar refractivity (Wildman–Crippen MR) is 112 cm³/mol. The molecule has 0 radical (unpaired) electrons. The second-order valence-electron chi connectivity index (χ2n) is 8.29. The molecule has 2 heteroatoms. The molecule has 0 fully saturated rings. The van der Waals surface area contributed by atoms with Gasteiger partial charge in [-0.25, -0.2) is 0 Å². The lowest BCUT2D eigenvalue weighted by Gasteiger charge is -2.32. The van der Waals surface area contributed by atoms with Crippen molar-refractivity contribution in [2.24, 2.45) is 0 Å². The van der Waals surface area contributed by atoms with Gasteiger partial charge in [0.2, 0.25) is 0 Å². The van der Waals surface area contributed by atoms with Crippen LogP contribution < -0.4 is 4.74 Å². The molecule has 0 heterocycles. The highest BCUT2D eigenvalue weighted by Crippen LogP contribution is 2.38. The van der Waals surface area contributed by atoms with Crippen LogP contribution in [0.5, 0.6) is 11.5 Å². The van der Waals surface area contributed by atoms with Gasteiger partial charge in [-0.1, -0.05) is 61.5 Å². The minimum atomic E-state index is -0.294. The lowest BCUT2D eigenvalue weighted by Crippen LogP contribution is -2.27. The van der Waals surface area contributed by atoms with E-state index < -0.39 is 0 Å². The van der Waals surface area contributed by atoms with Gasteiger partial charge in [0.1, 0.15) is 17.1 Å². The highest BCUT2D eigenvalue weighted by atomic mass is 16.5. The number of hydrogen-bond donors (Lipinski definition) is 1. The first-order valence-corrected chi connectivity index (χ1v) is 9.39. The van der Waals surface area contributed by atoms with Gasteiger partial charge < -0.3 is 9.84 Å². The van der Waals surface area contributed by atoms with E-state index in [0.29, 0.717) is 0 Å². The Morgan fingerprint density at radius 3 is 2.00 bits per heavy atom. The van der Waals surface area contributed by atoms with Crippen LogP contribution in [0.25, 0.3) is 0 Å². The Bertz CT molecular complexity index is 893. The first-order chi connectivity index (χ1) is 12.8. The maximum absolute atomic E-state index is 10.1. The van der Waals surface area contributed by atoms with Crippen LogP contribution in [0.2, 0.25) is 0 Å². The summed E-state index contributed by atoms with van der Waals surface area (Å²) in [4.78, 5) is 0. The molecule has 0 aliphatic heterocycles. The molecule has 3 rings (SSSR count). The van der Waals surface area contributed by atoms with Gasteiger partial charge in [-0.15, -0.1) is 0 Å². The maximum atomic E-state index is 10.1. The van der Waals surface area contributed by atoms with Gasteiger partial charge in [-0.2, -0.15) is 0 Å². The SMILES string of the molecule is CC(C)(C)Oc1cccc(C(C)(Cc2ccccc2)c2cccc(O)c2)c1. The Hall–Kier alpha value is -2.74. The van der Waals surface area contributed by atoms with E-state index in [9.17, 15) is 5.11 Å². The average Bonchev–Trinajstić information content (AvgIpc) is 2.61. The Labute approximate surface area is 162 Å².